The minimum atomic E-state index is -0.146. The first kappa shape index (κ1) is 18.1. The predicted molar refractivity (Wildman–Crippen MR) is 85.9 cm³/mol. The molecule has 1 unspecified atom stereocenters. The van der Waals surface area contributed by atoms with Gasteiger partial charge in [0.25, 0.3) is 0 Å². The Hall–Kier alpha value is -0.900. The number of imide groups is 1. The largest absolute Gasteiger partial charge is 0.312 e. The molecular formula is C17H32N2O2. The fourth-order valence-electron chi connectivity index (χ4n) is 2.63. The van der Waals surface area contributed by atoms with E-state index in [-0.39, 0.29) is 28.7 Å². The van der Waals surface area contributed by atoms with Crippen LogP contribution in [0.4, 0.5) is 0 Å². The maximum atomic E-state index is 12.3. The summed E-state index contributed by atoms with van der Waals surface area (Å²) in [5, 5.41) is 3.45. The molecule has 0 radical (unpaired) electrons. The van der Waals surface area contributed by atoms with E-state index in [2.05, 4.69) is 26.1 Å². The first-order valence-corrected chi connectivity index (χ1v) is 8.11. The molecule has 0 bridgehead atoms. The number of hydrogen-bond donors (Lipinski definition) is 1. The summed E-state index contributed by atoms with van der Waals surface area (Å²) >= 11 is 0. The molecule has 122 valence electrons. The van der Waals surface area contributed by atoms with Gasteiger partial charge in [0.15, 0.2) is 0 Å². The molecule has 0 saturated carbocycles. The summed E-state index contributed by atoms with van der Waals surface area (Å²) in [7, 11) is 0. The van der Waals surface area contributed by atoms with E-state index in [1.807, 2.05) is 20.8 Å². The van der Waals surface area contributed by atoms with Gasteiger partial charge in [0.1, 0.15) is 0 Å². The van der Waals surface area contributed by atoms with Crippen LogP contribution < -0.4 is 5.32 Å². The first-order valence-electron chi connectivity index (χ1n) is 8.11. The van der Waals surface area contributed by atoms with Crippen LogP contribution in [0.5, 0.6) is 0 Å². The average molecular weight is 296 g/mol. The lowest BCUT2D eigenvalue weighted by atomic mass is 9.80. The SMILES string of the molecule is CC(C)(C)NCCCCCN1C(=O)CC(C(C)(C)C)C1=O. The second kappa shape index (κ2) is 6.91. The van der Waals surface area contributed by atoms with Gasteiger partial charge in [-0.2, -0.15) is 0 Å². The van der Waals surface area contributed by atoms with E-state index in [0.29, 0.717) is 13.0 Å². The van der Waals surface area contributed by atoms with Gasteiger partial charge in [0, 0.05) is 18.5 Å². The molecule has 0 spiro atoms. The Bertz CT molecular complexity index is 377. The molecule has 0 aliphatic carbocycles. The predicted octanol–water partition coefficient (Wildman–Crippen LogP) is 2.97. The average Bonchev–Trinajstić information content (AvgIpc) is 2.58. The summed E-state index contributed by atoms with van der Waals surface area (Å²) in [4.78, 5) is 25.8. The highest BCUT2D eigenvalue weighted by molar-refractivity contribution is 6.03. The third-order valence-electron chi connectivity index (χ3n) is 4.00. The van der Waals surface area contributed by atoms with Crippen LogP contribution in [-0.2, 0) is 9.59 Å². The molecule has 0 aromatic carbocycles. The standard InChI is InChI=1S/C17H32N2O2/c1-16(2,3)13-12-14(20)19(15(13)21)11-9-7-8-10-18-17(4,5)6/h13,18H,7-12H2,1-6H3. The fraction of sp³-hybridized carbons (Fsp3) is 0.882. The highest BCUT2D eigenvalue weighted by Gasteiger charge is 2.44. The Morgan fingerprint density at radius 1 is 1.05 bits per heavy atom. The number of amides is 2. The summed E-state index contributed by atoms with van der Waals surface area (Å²) in [5.74, 6) is -0.111. The van der Waals surface area contributed by atoms with Gasteiger partial charge >= 0.3 is 0 Å². The van der Waals surface area contributed by atoms with Crippen LogP contribution in [0.25, 0.3) is 0 Å². The number of nitrogens with zero attached hydrogens (tertiary/aromatic N) is 1. The maximum absolute atomic E-state index is 12.3. The second-order valence-electron chi connectivity index (χ2n) is 8.24. The number of carbonyl (C=O) groups is 2. The Labute approximate surface area is 129 Å². The van der Waals surface area contributed by atoms with Crippen molar-refractivity contribution in [2.45, 2.75) is 72.8 Å². The van der Waals surface area contributed by atoms with Crippen molar-refractivity contribution >= 4 is 11.8 Å². The molecule has 1 saturated heterocycles. The van der Waals surface area contributed by atoms with E-state index in [1.54, 1.807) is 0 Å². The van der Waals surface area contributed by atoms with Crippen LogP contribution in [0, 0.1) is 11.3 Å². The van der Waals surface area contributed by atoms with E-state index in [0.717, 1.165) is 25.8 Å². The summed E-state index contributed by atoms with van der Waals surface area (Å²) in [6.45, 7) is 14.1. The lowest BCUT2D eigenvalue weighted by Crippen LogP contribution is -2.36. The second-order valence-corrected chi connectivity index (χ2v) is 8.24. The Balaban J connectivity index is 2.30. The molecule has 2 amide bonds. The van der Waals surface area contributed by atoms with Crippen molar-refractivity contribution in [3.8, 4) is 0 Å². The van der Waals surface area contributed by atoms with Gasteiger partial charge in [-0.05, 0) is 45.6 Å². The highest BCUT2D eigenvalue weighted by atomic mass is 16.2. The molecule has 0 aromatic heterocycles. The third-order valence-corrected chi connectivity index (χ3v) is 4.00. The van der Waals surface area contributed by atoms with Crippen LogP contribution >= 0.6 is 0 Å². The van der Waals surface area contributed by atoms with Crippen LogP contribution in [-0.4, -0.2) is 35.3 Å². The van der Waals surface area contributed by atoms with Crippen LogP contribution in [0.2, 0.25) is 0 Å². The van der Waals surface area contributed by atoms with Crippen molar-refractivity contribution in [2.75, 3.05) is 13.1 Å². The molecular weight excluding hydrogens is 264 g/mol. The smallest absolute Gasteiger partial charge is 0.233 e. The van der Waals surface area contributed by atoms with Crippen LogP contribution in [0.15, 0.2) is 0 Å². The first-order chi connectivity index (χ1) is 9.52. The van der Waals surface area contributed by atoms with Crippen molar-refractivity contribution in [1.82, 2.24) is 10.2 Å². The van der Waals surface area contributed by atoms with Crippen LogP contribution in [0.1, 0.15) is 67.2 Å². The topological polar surface area (TPSA) is 49.4 Å². The molecule has 1 fully saturated rings. The van der Waals surface area contributed by atoms with Crippen molar-refractivity contribution in [1.29, 1.82) is 0 Å². The van der Waals surface area contributed by atoms with Gasteiger partial charge in [-0.1, -0.05) is 27.2 Å². The normalized spacial score (nSPS) is 20.5. The minimum absolute atomic E-state index is 0.00717. The number of rotatable bonds is 6. The van der Waals surface area contributed by atoms with Crippen molar-refractivity contribution < 1.29 is 9.59 Å². The number of likely N-dealkylation sites (tertiary alicyclic amines) is 1. The van der Waals surface area contributed by atoms with Crippen molar-refractivity contribution in [3.63, 3.8) is 0 Å². The van der Waals surface area contributed by atoms with E-state index in [1.165, 1.54) is 4.90 Å². The number of hydrogen-bond acceptors (Lipinski definition) is 3. The van der Waals surface area contributed by atoms with E-state index >= 15 is 0 Å². The quantitative estimate of drug-likeness (QED) is 0.605. The van der Waals surface area contributed by atoms with E-state index in [9.17, 15) is 9.59 Å². The minimum Gasteiger partial charge on any atom is -0.312 e. The Kier molecular flexibility index (Phi) is 5.97. The zero-order valence-corrected chi connectivity index (χ0v) is 14.6. The number of carbonyl (C=O) groups excluding carboxylic acids is 2. The van der Waals surface area contributed by atoms with Gasteiger partial charge in [-0.15, -0.1) is 0 Å². The van der Waals surface area contributed by atoms with Crippen molar-refractivity contribution in [3.05, 3.63) is 0 Å². The Morgan fingerprint density at radius 2 is 1.67 bits per heavy atom. The monoisotopic (exact) mass is 296 g/mol. The molecule has 4 heteroatoms. The van der Waals surface area contributed by atoms with Gasteiger partial charge in [-0.25, -0.2) is 0 Å². The van der Waals surface area contributed by atoms with Gasteiger partial charge in [0.05, 0.1) is 5.92 Å². The molecule has 1 atom stereocenters. The van der Waals surface area contributed by atoms with Gasteiger partial charge in [-0.3, -0.25) is 14.5 Å². The molecule has 1 rings (SSSR count). The van der Waals surface area contributed by atoms with Gasteiger partial charge in [0.2, 0.25) is 11.8 Å². The highest BCUT2D eigenvalue weighted by Crippen LogP contribution is 2.35. The summed E-state index contributed by atoms with van der Waals surface area (Å²) in [5.41, 5.74) is 0.0267. The molecule has 0 aromatic rings. The molecule has 1 aliphatic rings. The van der Waals surface area contributed by atoms with E-state index < -0.39 is 0 Å². The van der Waals surface area contributed by atoms with E-state index in [4.69, 9.17) is 0 Å². The Morgan fingerprint density at radius 3 is 2.14 bits per heavy atom. The molecule has 1 aliphatic heterocycles. The number of nitrogens with one attached hydrogen (secondary N) is 1. The third kappa shape index (κ3) is 5.77. The molecule has 21 heavy (non-hydrogen) atoms. The van der Waals surface area contributed by atoms with Crippen molar-refractivity contribution in [2.24, 2.45) is 11.3 Å². The summed E-state index contributed by atoms with van der Waals surface area (Å²) < 4.78 is 0. The fourth-order valence-corrected chi connectivity index (χ4v) is 2.63. The lowest BCUT2D eigenvalue weighted by molar-refractivity contribution is -0.140. The maximum Gasteiger partial charge on any atom is 0.233 e. The lowest BCUT2D eigenvalue weighted by Gasteiger charge is -2.24. The molecule has 1 N–H and O–H groups in total. The molecule has 4 nitrogen and oxygen atoms in total. The zero-order chi connectivity index (χ0) is 16.3. The molecule has 1 heterocycles. The van der Waals surface area contributed by atoms with Crippen LogP contribution in [0.3, 0.4) is 0 Å². The zero-order valence-electron chi connectivity index (χ0n) is 14.6. The summed E-state index contributed by atoms with van der Waals surface area (Å²) in [6.07, 6.45) is 3.41. The van der Waals surface area contributed by atoms with Gasteiger partial charge < -0.3 is 5.32 Å². The summed E-state index contributed by atoms with van der Waals surface area (Å²) in [6, 6.07) is 0. The number of unbranched alkanes of at least 4 members (excludes halogenated alkanes) is 2.